The van der Waals surface area contributed by atoms with Crippen molar-refractivity contribution < 1.29 is 4.79 Å². The highest BCUT2D eigenvalue weighted by atomic mass is 16.2. The summed E-state index contributed by atoms with van der Waals surface area (Å²) in [7, 11) is 0. The van der Waals surface area contributed by atoms with E-state index in [1.807, 2.05) is 47.4 Å². The summed E-state index contributed by atoms with van der Waals surface area (Å²) in [5.74, 6) is 0.826. The molecule has 7 nitrogen and oxygen atoms in total. The number of amides is 1. The van der Waals surface area contributed by atoms with Crippen LogP contribution in [0.25, 0.3) is 17.0 Å². The number of carbonyl (C=O) groups excluding carboxylic acids is 1. The molecule has 0 radical (unpaired) electrons. The van der Waals surface area contributed by atoms with Gasteiger partial charge in [-0.1, -0.05) is 43.7 Å². The van der Waals surface area contributed by atoms with Crippen LogP contribution in [0.5, 0.6) is 0 Å². The van der Waals surface area contributed by atoms with Gasteiger partial charge in [-0.05, 0) is 36.2 Å². The first-order valence-electron chi connectivity index (χ1n) is 10.1. The van der Waals surface area contributed by atoms with Crippen molar-refractivity contribution >= 4 is 17.4 Å². The fraction of sp³-hybridized carbons (Fsp3) is 0.217. The number of nitrogen functional groups attached to an aromatic ring is 1. The Hall–Kier alpha value is -3.74. The zero-order valence-corrected chi connectivity index (χ0v) is 16.9. The summed E-state index contributed by atoms with van der Waals surface area (Å²) in [6.07, 6.45) is 5.34. The molecule has 3 heterocycles. The first-order valence-corrected chi connectivity index (χ1v) is 10.1. The predicted octanol–water partition coefficient (Wildman–Crippen LogP) is 3.82. The van der Waals surface area contributed by atoms with Crippen LogP contribution in [-0.4, -0.2) is 36.9 Å². The van der Waals surface area contributed by atoms with Gasteiger partial charge in [0.2, 0.25) is 0 Å². The number of nitrogens with two attached hydrogens (primary N) is 1. The van der Waals surface area contributed by atoms with E-state index in [2.05, 4.69) is 22.0 Å². The van der Waals surface area contributed by atoms with Crippen LogP contribution in [0, 0.1) is 0 Å². The van der Waals surface area contributed by atoms with Gasteiger partial charge in [0.1, 0.15) is 5.82 Å². The topological polar surface area (TPSA) is 89.4 Å². The molecule has 0 spiro atoms. The lowest BCUT2D eigenvalue weighted by Gasteiger charge is -2.23. The Morgan fingerprint density at radius 1 is 1.13 bits per heavy atom. The van der Waals surface area contributed by atoms with Crippen molar-refractivity contribution in [1.29, 1.82) is 0 Å². The van der Waals surface area contributed by atoms with Gasteiger partial charge >= 0.3 is 0 Å². The molecule has 2 N–H and O–H groups in total. The monoisotopic (exact) mass is 400 g/mol. The molecule has 1 aromatic carbocycles. The number of fused-ring (bicyclic) bond motifs is 1. The fourth-order valence-electron chi connectivity index (χ4n) is 3.34. The number of nitrogens with zero attached hydrogens (tertiary/aromatic N) is 5. The fourth-order valence-corrected chi connectivity index (χ4v) is 3.34. The summed E-state index contributed by atoms with van der Waals surface area (Å²) in [5.41, 5.74) is 9.15. The molecule has 4 rings (SSSR count). The molecular formula is C23H24N6O. The van der Waals surface area contributed by atoms with Crippen molar-refractivity contribution in [3.05, 3.63) is 78.1 Å². The Morgan fingerprint density at radius 2 is 1.97 bits per heavy atom. The lowest BCUT2D eigenvalue weighted by Crippen LogP contribution is -2.31. The SMILES string of the molecule is CCCCN(Cc1ccccc1)C(=O)c1cc(N)n2nc(-c3cccnc3)nc2c1. The first-order chi connectivity index (χ1) is 14.7. The molecule has 0 unspecified atom stereocenters. The molecule has 30 heavy (non-hydrogen) atoms. The number of hydrogen-bond acceptors (Lipinski definition) is 5. The summed E-state index contributed by atoms with van der Waals surface area (Å²) in [4.78, 5) is 23.9. The summed E-state index contributed by atoms with van der Waals surface area (Å²) in [5, 5.41) is 4.46. The molecule has 0 bridgehead atoms. The number of pyridine rings is 2. The van der Waals surface area contributed by atoms with E-state index >= 15 is 0 Å². The zero-order valence-electron chi connectivity index (χ0n) is 16.9. The van der Waals surface area contributed by atoms with E-state index in [-0.39, 0.29) is 5.91 Å². The highest BCUT2D eigenvalue weighted by Gasteiger charge is 2.19. The quantitative estimate of drug-likeness (QED) is 0.509. The zero-order chi connectivity index (χ0) is 20.9. The van der Waals surface area contributed by atoms with Crippen molar-refractivity contribution in [2.75, 3.05) is 12.3 Å². The smallest absolute Gasteiger partial charge is 0.254 e. The average molecular weight is 400 g/mol. The number of hydrogen-bond donors (Lipinski definition) is 1. The van der Waals surface area contributed by atoms with Crippen molar-refractivity contribution in [2.45, 2.75) is 26.3 Å². The number of anilines is 1. The van der Waals surface area contributed by atoms with Crippen molar-refractivity contribution in [3.8, 4) is 11.4 Å². The normalized spacial score (nSPS) is 11.0. The molecular weight excluding hydrogens is 376 g/mol. The molecule has 0 fully saturated rings. The maximum absolute atomic E-state index is 13.3. The van der Waals surface area contributed by atoms with E-state index in [4.69, 9.17) is 5.73 Å². The van der Waals surface area contributed by atoms with E-state index in [1.165, 1.54) is 0 Å². The van der Waals surface area contributed by atoms with Gasteiger partial charge in [0.25, 0.3) is 5.91 Å². The van der Waals surface area contributed by atoms with Gasteiger partial charge < -0.3 is 10.6 Å². The van der Waals surface area contributed by atoms with Crippen molar-refractivity contribution in [1.82, 2.24) is 24.5 Å². The van der Waals surface area contributed by atoms with E-state index < -0.39 is 0 Å². The molecule has 0 aliphatic rings. The third-order valence-electron chi connectivity index (χ3n) is 4.92. The average Bonchev–Trinajstić information content (AvgIpc) is 3.22. The summed E-state index contributed by atoms with van der Waals surface area (Å²) >= 11 is 0. The molecule has 3 aromatic heterocycles. The Morgan fingerprint density at radius 3 is 2.70 bits per heavy atom. The number of carbonyl (C=O) groups is 1. The van der Waals surface area contributed by atoms with Gasteiger partial charge in [-0.3, -0.25) is 9.78 Å². The van der Waals surface area contributed by atoms with Crippen LogP contribution in [0.4, 0.5) is 5.82 Å². The lowest BCUT2D eigenvalue weighted by atomic mass is 10.1. The summed E-state index contributed by atoms with van der Waals surface area (Å²) in [6, 6.07) is 17.1. The first kappa shape index (κ1) is 19.6. The minimum atomic E-state index is -0.0626. The van der Waals surface area contributed by atoms with Gasteiger partial charge in [-0.25, -0.2) is 4.98 Å². The Labute approximate surface area is 175 Å². The van der Waals surface area contributed by atoms with Crippen molar-refractivity contribution in [2.24, 2.45) is 0 Å². The minimum Gasteiger partial charge on any atom is -0.384 e. The largest absolute Gasteiger partial charge is 0.384 e. The second-order valence-electron chi connectivity index (χ2n) is 7.18. The number of unbranched alkanes of at least 4 members (excludes halogenated alkanes) is 1. The molecule has 4 aromatic rings. The molecule has 152 valence electrons. The van der Waals surface area contributed by atoms with E-state index in [0.717, 1.165) is 24.0 Å². The molecule has 1 amide bonds. The van der Waals surface area contributed by atoms with Crippen LogP contribution in [-0.2, 0) is 6.54 Å². The molecule has 0 aliphatic carbocycles. The Kier molecular flexibility index (Phi) is 5.70. The lowest BCUT2D eigenvalue weighted by molar-refractivity contribution is 0.0741. The van der Waals surface area contributed by atoms with Crippen LogP contribution >= 0.6 is 0 Å². The minimum absolute atomic E-state index is 0.0626. The van der Waals surface area contributed by atoms with E-state index in [0.29, 0.717) is 35.9 Å². The third-order valence-corrected chi connectivity index (χ3v) is 4.92. The van der Waals surface area contributed by atoms with Crippen LogP contribution < -0.4 is 5.73 Å². The second kappa shape index (κ2) is 8.73. The Balaban J connectivity index is 1.66. The van der Waals surface area contributed by atoms with Gasteiger partial charge in [-0.2, -0.15) is 4.52 Å². The van der Waals surface area contributed by atoms with Gasteiger partial charge in [0.15, 0.2) is 11.5 Å². The molecule has 0 saturated carbocycles. The highest BCUT2D eigenvalue weighted by Crippen LogP contribution is 2.20. The standard InChI is InChI=1S/C23H24N6O/c1-2-3-12-28(16-17-8-5-4-6-9-17)23(30)19-13-20(24)29-21(14-19)26-22(27-29)18-10-7-11-25-15-18/h4-11,13-15H,2-3,12,16,24H2,1H3. The predicted molar refractivity (Wildman–Crippen MR) is 117 cm³/mol. The van der Waals surface area contributed by atoms with Crippen LogP contribution in [0.15, 0.2) is 67.0 Å². The summed E-state index contributed by atoms with van der Waals surface area (Å²) < 4.78 is 1.55. The van der Waals surface area contributed by atoms with Crippen LogP contribution in [0.2, 0.25) is 0 Å². The number of aromatic nitrogens is 4. The molecule has 0 saturated heterocycles. The maximum atomic E-state index is 13.3. The van der Waals surface area contributed by atoms with Gasteiger partial charge in [0, 0.05) is 36.6 Å². The number of benzene rings is 1. The van der Waals surface area contributed by atoms with Gasteiger partial charge in [-0.15, -0.1) is 5.10 Å². The van der Waals surface area contributed by atoms with Gasteiger partial charge in [0.05, 0.1) is 0 Å². The van der Waals surface area contributed by atoms with Crippen molar-refractivity contribution in [3.63, 3.8) is 0 Å². The number of rotatable bonds is 7. The van der Waals surface area contributed by atoms with E-state index in [1.54, 1.807) is 29.0 Å². The maximum Gasteiger partial charge on any atom is 0.254 e. The third kappa shape index (κ3) is 4.15. The van der Waals surface area contributed by atoms with Crippen LogP contribution in [0.3, 0.4) is 0 Å². The molecule has 0 aliphatic heterocycles. The molecule has 0 atom stereocenters. The summed E-state index contributed by atoms with van der Waals surface area (Å²) in [6.45, 7) is 3.35. The van der Waals surface area contributed by atoms with E-state index in [9.17, 15) is 4.79 Å². The second-order valence-corrected chi connectivity index (χ2v) is 7.18. The highest BCUT2D eigenvalue weighted by molar-refractivity contribution is 5.96. The Bertz CT molecular complexity index is 1140. The van der Waals surface area contributed by atoms with Crippen LogP contribution in [0.1, 0.15) is 35.7 Å². The molecule has 7 heteroatoms.